The van der Waals surface area contributed by atoms with Crippen molar-refractivity contribution in [3.8, 4) is 10.9 Å². The minimum atomic E-state index is -0.861. The normalized spacial score (nSPS) is 12.1. The van der Waals surface area contributed by atoms with Gasteiger partial charge in [-0.1, -0.05) is 29.5 Å². The summed E-state index contributed by atoms with van der Waals surface area (Å²) in [5, 5.41) is 9.33. The molecule has 0 radical (unpaired) electrons. The maximum atomic E-state index is 10.8. The predicted molar refractivity (Wildman–Crippen MR) is 64.7 cm³/mol. The average molecular weight is 249 g/mol. The van der Waals surface area contributed by atoms with Crippen LogP contribution in [-0.4, -0.2) is 16.1 Å². The molecule has 0 aliphatic rings. The summed E-state index contributed by atoms with van der Waals surface area (Å²) in [7, 11) is 0. The summed E-state index contributed by atoms with van der Waals surface area (Å²) < 4.78 is 5.50. The van der Waals surface area contributed by atoms with E-state index in [-0.39, 0.29) is 0 Å². The number of rotatable bonds is 4. The Morgan fingerprint density at radius 2 is 2.12 bits per heavy atom. The number of carbonyl (C=O) groups is 1. The maximum absolute atomic E-state index is 10.8. The first-order chi connectivity index (χ1) is 8.16. The van der Waals surface area contributed by atoms with Crippen molar-refractivity contribution < 1.29 is 14.6 Å². The van der Waals surface area contributed by atoms with Crippen LogP contribution in [0.15, 0.2) is 36.5 Å². The molecule has 1 aromatic heterocycles. The topological polar surface area (TPSA) is 59.4 Å². The van der Waals surface area contributed by atoms with Crippen molar-refractivity contribution in [1.29, 1.82) is 0 Å². The molecular formula is C12H11NO3S. The van der Waals surface area contributed by atoms with Crippen LogP contribution in [0.3, 0.4) is 0 Å². The van der Waals surface area contributed by atoms with Crippen LogP contribution in [-0.2, 0) is 4.79 Å². The summed E-state index contributed by atoms with van der Waals surface area (Å²) in [6.45, 7) is 1.63. The molecule has 2 rings (SSSR count). The zero-order chi connectivity index (χ0) is 12.3. The van der Waals surface area contributed by atoms with Gasteiger partial charge >= 0.3 is 5.97 Å². The number of benzene rings is 1. The summed E-state index contributed by atoms with van der Waals surface area (Å²) in [4.78, 5) is 15.5. The number of hydrogen-bond acceptors (Lipinski definition) is 4. The van der Waals surface area contributed by atoms with Gasteiger partial charge in [-0.15, -0.1) is 0 Å². The van der Waals surface area contributed by atoms with Gasteiger partial charge in [-0.05, 0) is 19.1 Å². The van der Waals surface area contributed by atoms with Gasteiger partial charge in [0.15, 0.2) is 0 Å². The lowest BCUT2D eigenvalue weighted by Gasteiger charge is -2.01. The first-order valence-electron chi connectivity index (χ1n) is 5.08. The van der Waals surface area contributed by atoms with E-state index in [2.05, 4.69) is 4.98 Å². The van der Waals surface area contributed by atoms with E-state index in [4.69, 9.17) is 9.84 Å². The van der Waals surface area contributed by atoms with Crippen LogP contribution in [0, 0.1) is 0 Å². The first-order valence-corrected chi connectivity index (χ1v) is 5.90. The van der Waals surface area contributed by atoms with Crippen LogP contribution in [0.1, 0.15) is 17.7 Å². The lowest BCUT2D eigenvalue weighted by molar-refractivity contribution is -0.138. The zero-order valence-electron chi connectivity index (χ0n) is 9.16. The van der Waals surface area contributed by atoms with Gasteiger partial charge in [-0.3, -0.25) is 4.79 Å². The molecule has 1 atom stereocenters. The third kappa shape index (κ3) is 2.82. The molecular weight excluding hydrogens is 238 g/mol. The second-order valence-corrected chi connectivity index (χ2v) is 4.53. The Balaban J connectivity index is 2.11. The number of aromatic nitrogens is 1. The summed E-state index contributed by atoms with van der Waals surface area (Å²) >= 11 is 1.25. The quantitative estimate of drug-likeness (QED) is 0.904. The van der Waals surface area contributed by atoms with Crippen molar-refractivity contribution >= 4 is 17.3 Å². The molecule has 0 amide bonds. The molecule has 1 aromatic carbocycles. The van der Waals surface area contributed by atoms with E-state index in [1.807, 2.05) is 30.3 Å². The Kier molecular flexibility index (Phi) is 3.39. The number of aliphatic carboxylic acids is 1. The second-order valence-electron chi connectivity index (χ2n) is 3.50. The van der Waals surface area contributed by atoms with Gasteiger partial charge in [0, 0.05) is 11.1 Å². The Morgan fingerprint density at radius 3 is 2.76 bits per heavy atom. The van der Waals surface area contributed by atoms with Crippen molar-refractivity contribution in [2.45, 2.75) is 12.8 Å². The number of para-hydroxylation sites is 1. The van der Waals surface area contributed by atoms with Crippen LogP contribution in [0.4, 0.5) is 0 Å². The Labute approximate surface area is 103 Å². The highest BCUT2D eigenvalue weighted by Crippen LogP contribution is 2.30. The third-order valence-electron chi connectivity index (χ3n) is 2.25. The molecule has 2 aromatic rings. The summed E-state index contributed by atoms with van der Waals surface area (Å²) in [6.07, 6.45) is 1.54. The van der Waals surface area contributed by atoms with Crippen molar-refractivity contribution in [2.24, 2.45) is 0 Å². The van der Waals surface area contributed by atoms with Gasteiger partial charge in [-0.2, -0.15) is 0 Å². The van der Waals surface area contributed by atoms with Crippen molar-refractivity contribution in [3.05, 3.63) is 41.4 Å². The fourth-order valence-corrected chi connectivity index (χ4v) is 2.06. The van der Waals surface area contributed by atoms with Crippen LogP contribution in [0.25, 0.3) is 0 Å². The van der Waals surface area contributed by atoms with Gasteiger partial charge in [0.05, 0.1) is 5.92 Å². The van der Waals surface area contributed by atoms with Gasteiger partial charge in [0.2, 0.25) is 0 Å². The molecule has 5 heteroatoms. The van der Waals surface area contributed by atoms with E-state index < -0.39 is 11.9 Å². The standard InChI is InChI=1S/C12H11NO3S/c1-8(11(14)15)10-7-13-12(17-10)16-9-5-3-2-4-6-9/h2-8H,1H3,(H,14,15). The average Bonchev–Trinajstić information content (AvgIpc) is 2.77. The fraction of sp³-hybridized carbons (Fsp3) is 0.167. The lowest BCUT2D eigenvalue weighted by atomic mass is 10.2. The van der Waals surface area contributed by atoms with Crippen LogP contribution >= 0.6 is 11.3 Å². The van der Waals surface area contributed by atoms with Crippen molar-refractivity contribution in [1.82, 2.24) is 4.98 Å². The number of nitrogens with zero attached hydrogens (tertiary/aromatic N) is 1. The third-order valence-corrected chi connectivity index (χ3v) is 3.31. The molecule has 0 aliphatic heterocycles. The van der Waals surface area contributed by atoms with E-state index >= 15 is 0 Å². The molecule has 0 spiro atoms. The second kappa shape index (κ2) is 4.97. The molecule has 0 aliphatic carbocycles. The van der Waals surface area contributed by atoms with Crippen LogP contribution < -0.4 is 4.74 Å². The highest BCUT2D eigenvalue weighted by atomic mass is 32.1. The molecule has 17 heavy (non-hydrogen) atoms. The highest BCUT2D eigenvalue weighted by Gasteiger charge is 2.17. The summed E-state index contributed by atoms with van der Waals surface area (Å²) in [5.41, 5.74) is 0. The van der Waals surface area contributed by atoms with Crippen LogP contribution in [0.5, 0.6) is 10.9 Å². The van der Waals surface area contributed by atoms with E-state index in [1.165, 1.54) is 11.3 Å². The Morgan fingerprint density at radius 1 is 1.41 bits per heavy atom. The van der Waals surface area contributed by atoms with Gasteiger partial charge in [0.25, 0.3) is 5.19 Å². The molecule has 0 saturated carbocycles. The highest BCUT2D eigenvalue weighted by molar-refractivity contribution is 7.13. The maximum Gasteiger partial charge on any atom is 0.311 e. The number of ether oxygens (including phenoxy) is 1. The summed E-state index contributed by atoms with van der Waals surface area (Å²) in [5.74, 6) is -0.725. The molecule has 1 unspecified atom stereocenters. The number of carboxylic acids is 1. The smallest absolute Gasteiger partial charge is 0.311 e. The molecule has 0 bridgehead atoms. The summed E-state index contributed by atoms with van der Waals surface area (Å²) in [6, 6.07) is 9.27. The molecule has 0 fully saturated rings. The van der Waals surface area contributed by atoms with E-state index in [1.54, 1.807) is 13.1 Å². The Bertz CT molecular complexity index is 509. The predicted octanol–water partition coefficient (Wildman–Crippen LogP) is 3.12. The van der Waals surface area contributed by atoms with E-state index in [9.17, 15) is 4.79 Å². The Hall–Kier alpha value is -1.88. The minimum Gasteiger partial charge on any atom is -0.481 e. The molecule has 4 nitrogen and oxygen atoms in total. The van der Waals surface area contributed by atoms with Gasteiger partial charge in [0.1, 0.15) is 5.75 Å². The zero-order valence-corrected chi connectivity index (χ0v) is 9.98. The molecule has 1 N–H and O–H groups in total. The SMILES string of the molecule is CC(C(=O)O)c1cnc(Oc2ccccc2)s1. The molecule has 88 valence electrons. The van der Waals surface area contributed by atoms with Gasteiger partial charge in [-0.25, -0.2) is 4.98 Å². The minimum absolute atomic E-state index is 0.458. The fourth-order valence-electron chi connectivity index (χ4n) is 1.23. The molecule has 1 heterocycles. The van der Waals surface area contributed by atoms with Crippen molar-refractivity contribution in [2.75, 3.05) is 0 Å². The first kappa shape index (κ1) is 11.6. The van der Waals surface area contributed by atoms with Gasteiger partial charge < -0.3 is 9.84 Å². The van der Waals surface area contributed by atoms with Crippen molar-refractivity contribution in [3.63, 3.8) is 0 Å². The van der Waals surface area contributed by atoms with E-state index in [0.717, 1.165) is 0 Å². The van der Waals surface area contributed by atoms with Crippen LogP contribution in [0.2, 0.25) is 0 Å². The monoisotopic (exact) mass is 249 g/mol. The number of hydrogen-bond donors (Lipinski definition) is 1. The lowest BCUT2D eigenvalue weighted by Crippen LogP contribution is -2.05. The molecule has 0 saturated heterocycles. The largest absolute Gasteiger partial charge is 0.481 e. The van der Waals surface area contributed by atoms with E-state index in [0.29, 0.717) is 15.8 Å². The number of carboxylic acid groups (broad SMARTS) is 1. The number of thiazole rings is 1.